The van der Waals surface area contributed by atoms with Crippen molar-refractivity contribution in [2.24, 2.45) is 5.92 Å². The molecular weight excluding hydrogens is 286 g/mol. The van der Waals surface area contributed by atoms with Crippen molar-refractivity contribution in [2.75, 3.05) is 38.0 Å². The number of carbonyl (C=O) groups is 1. The average molecular weight is 312 g/mol. The predicted molar refractivity (Wildman–Crippen MR) is 90.0 cm³/mol. The molecule has 1 heterocycles. The van der Waals surface area contributed by atoms with Crippen LogP contribution in [0.15, 0.2) is 30.3 Å². The van der Waals surface area contributed by atoms with Crippen LogP contribution in [-0.4, -0.2) is 43.5 Å². The molecule has 1 aromatic rings. The Morgan fingerprint density at radius 1 is 1.24 bits per heavy atom. The average Bonchev–Trinajstić information content (AvgIpc) is 2.47. The number of benzene rings is 1. The number of hydrogen-bond acceptors (Lipinski definition) is 3. The van der Waals surface area contributed by atoms with Crippen LogP contribution in [0.5, 0.6) is 0 Å². The highest BCUT2D eigenvalue weighted by molar-refractivity contribution is 5.92. The molecule has 2 N–H and O–H groups in total. The van der Waals surface area contributed by atoms with E-state index in [0.717, 1.165) is 37.8 Å². The Labute approximate surface area is 133 Å². The van der Waals surface area contributed by atoms with E-state index in [0.29, 0.717) is 6.54 Å². The fourth-order valence-electron chi connectivity index (χ4n) is 2.62. The summed E-state index contributed by atoms with van der Waals surface area (Å²) < 4.78 is 0. The van der Waals surface area contributed by atoms with Crippen LogP contribution in [0.1, 0.15) is 19.8 Å². The first-order valence-corrected chi connectivity index (χ1v) is 7.56. The number of nitrogens with one attached hydrogen (secondary N) is 2. The highest BCUT2D eigenvalue weighted by atomic mass is 35.5. The van der Waals surface area contributed by atoms with Crippen LogP contribution in [0.25, 0.3) is 0 Å². The van der Waals surface area contributed by atoms with Crippen LogP contribution in [0.3, 0.4) is 0 Å². The van der Waals surface area contributed by atoms with Crippen molar-refractivity contribution < 1.29 is 4.79 Å². The lowest BCUT2D eigenvalue weighted by atomic mass is 9.97. The standard InChI is InChI=1S/C16H25N3O.ClH/c1-2-17-12-14-8-10-19(11-9-14)13-16(20)18-15-6-4-3-5-7-15;/h3-7,14,17H,2,8-13H2,1H3,(H,18,20);1H. The van der Waals surface area contributed by atoms with Gasteiger partial charge in [-0.2, -0.15) is 0 Å². The van der Waals surface area contributed by atoms with Crippen LogP contribution in [0, 0.1) is 5.92 Å². The van der Waals surface area contributed by atoms with Gasteiger partial charge in [-0.3, -0.25) is 9.69 Å². The van der Waals surface area contributed by atoms with Gasteiger partial charge in [0.05, 0.1) is 6.54 Å². The quantitative estimate of drug-likeness (QED) is 0.848. The molecule has 118 valence electrons. The molecule has 0 bridgehead atoms. The summed E-state index contributed by atoms with van der Waals surface area (Å²) in [7, 11) is 0. The fraction of sp³-hybridized carbons (Fsp3) is 0.562. The first-order chi connectivity index (χ1) is 9.78. The zero-order valence-corrected chi connectivity index (χ0v) is 13.5. The predicted octanol–water partition coefficient (Wildman–Crippen LogP) is 2.37. The lowest BCUT2D eigenvalue weighted by Crippen LogP contribution is -2.41. The van der Waals surface area contributed by atoms with Crippen molar-refractivity contribution >= 4 is 24.0 Å². The molecule has 1 aliphatic heterocycles. The van der Waals surface area contributed by atoms with Crippen LogP contribution in [-0.2, 0) is 4.79 Å². The second-order valence-corrected chi connectivity index (χ2v) is 5.44. The van der Waals surface area contributed by atoms with Crippen molar-refractivity contribution in [3.05, 3.63) is 30.3 Å². The number of piperidine rings is 1. The molecule has 1 aliphatic rings. The third-order valence-electron chi connectivity index (χ3n) is 3.81. The summed E-state index contributed by atoms with van der Waals surface area (Å²) in [4.78, 5) is 14.2. The van der Waals surface area contributed by atoms with E-state index in [1.54, 1.807) is 0 Å². The molecule has 0 spiro atoms. The maximum absolute atomic E-state index is 12.0. The molecule has 0 saturated carbocycles. The molecule has 1 aromatic carbocycles. The molecule has 2 rings (SSSR count). The SMILES string of the molecule is CCNCC1CCN(CC(=O)Nc2ccccc2)CC1.Cl. The maximum Gasteiger partial charge on any atom is 0.238 e. The summed E-state index contributed by atoms with van der Waals surface area (Å²) >= 11 is 0. The second-order valence-electron chi connectivity index (χ2n) is 5.44. The Morgan fingerprint density at radius 3 is 2.52 bits per heavy atom. The minimum Gasteiger partial charge on any atom is -0.325 e. The molecule has 1 saturated heterocycles. The lowest BCUT2D eigenvalue weighted by Gasteiger charge is -2.31. The second kappa shape index (κ2) is 9.77. The number of rotatable bonds is 6. The summed E-state index contributed by atoms with van der Waals surface area (Å²) in [5.41, 5.74) is 0.875. The minimum absolute atomic E-state index is 0. The molecular formula is C16H26ClN3O. The molecule has 0 atom stereocenters. The van der Waals surface area contributed by atoms with Gasteiger partial charge < -0.3 is 10.6 Å². The smallest absolute Gasteiger partial charge is 0.238 e. The number of amides is 1. The van der Waals surface area contributed by atoms with Gasteiger partial charge in [0.2, 0.25) is 5.91 Å². The van der Waals surface area contributed by atoms with E-state index in [1.807, 2.05) is 30.3 Å². The van der Waals surface area contributed by atoms with Gasteiger partial charge in [-0.15, -0.1) is 12.4 Å². The molecule has 1 fully saturated rings. The molecule has 0 aliphatic carbocycles. The van der Waals surface area contributed by atoms with E-state index in [-0.39, 0.29) is 18.3 Å². The van der Waals surface area contributed by atoms with Crippen molar-refractivity contribution in [1.82, 2.24) is 10.2 Å². The number of halogens is 1. The first kappa shape index (κ1) is 18.0. The summed E-state index contributed by atoms with van der Waals surface area (Å²) in [6.45, 7) is 6.85. The summed E-state index contributed by atoms with van der Waals surface area (Å²) in [6, 6.07) is 9.65. The number of para-hydroxylation sites is 1. The summed E-state index contributed by atoms with van der Waals surface area (Å²) in [5.74, 6) is 0.852. The van der Waals surface area contributed by atoms with Crippen molar-refractivity contribution in [3.63, 3.8) is 0 Å². The van der Waals surface area contributed by atoms with Gasteiger partial charge in [0.1, 0.15) is 0 Å². The van der Waals surface area contributed by atoms with Gasteiger partial charge in [0.25, 0.3) is 0 Å². The fourth-order valence-corrected chi connectivity index (χ4v) is 2.62. The van der Waals surface area contributed by atoms with E-state index in [1.165, 1.54) is 12.8 Å². The molecule has 0 unspecified atom stereocenters. The Kier molecular flexibility index (Phi) is 8.35. The van der Waals surface area contributed by atoms with Crippen LogP contribution < -0.4 is 10.6 Å². The van der Waals surface area contributed by atoms with Gasteiger partial charge in [-0.1, -0.05) is 25.1 Å². The monoisotopic (exact) mass is 311 g/mol. The van der Waals surface area contributed by atoms with Gasteiger partial charge in [-0.25, -0.2) is 0 Å². The molecule has 0 radical (unpaired) electrons. The largest absolute Gasteiger partial charge is 0.325 e. The third kappa shape index (κ3) is 6.46. The molecule has 21 heavy (non-hydrogen) atoms. The van der Waals surface area contributed by atoms with Crippen LogP contribution >= 0.6 is 12.4 Å². The van der Waals surface area contributed by atoms with Crippen molar-refractivity contribution in [1.29, 1.82) is 0 Å². The summed E-state index contributed by atoms with van der Waals surface area (Å²) in [5, 5.41) is 6.35. The van der Waals surface area contributed by atoms with Crippen molar-refractivity contribution in [3.8, 4) is 0 Å². The van der Waals surface area contributed by atoms with Gasteiger partial charge in [-0.05, 0) is 57.1 Å². The van der Waals surface area contributed by atoms with E-state index in [9.17, 15) is 4.79 Å². The van der Waals surface area contributed by atoms with Crippen LogP contribution in [0.4, 0.5) is 5.69 Å². The number of hydrogen-bond donors (Lipinski definition) is 2. The van der Waals surface area contributed by atoms with Crippen molar-refractivity contribution in [2.45, 2.75) is 19.8 Å². The number of likely N-dealkylation sites (tertiary alicyclic amines) is 1. The van der Waals surface area contributed by atoms with Crippen LogP contribution in [0.2, 0.25) is 0 Å². The van der Waals surface area contributed by atoms with E-state index in [2.05, 4.69) is 22.5 Å². The van der Waals surface area contributed by atoms with Gasteiger partial charge in [0.15, 0.2) is 0 Å². The zero-order chi connectivity index (χ0) is 14.2. The van der Waals surface area contributed by atoms with E-state index < -0.39 is 0 Å². The first-order valence-electron chi connectivity index (χ1n) is 7.56. The Balaban J connectivity index is 0.00000220. The van der Waals surface area contributed by atoms with E-state index in [4.69, 9.17) is 0 Å². The minimum atomic E-state index is 0. The van der Waals surface area contributed by atoms with E-state index >= 15 is 0 Å². The Morgan fingerprint density at radius 2 is 1.90 bits per heavy atom. The topological polar surface area (TPSA) is 44.4 Å². The molecule has 5 heteroatoms. The molecule has 0 aromatic heterocycles. The third-order valence-corrected chi connectivity index (χ3v) is 3.81. The zero-order valence-electron chi connectivity index (χ0n) is 12.7. The highest BCUT2D eigenvalue weighted by Gasteiger charge is 2.20. The van der Waals surface area contributed by atoms with Gasteiger partial charge in [0, 0.05) is 5.69 Å². The summed E-state index contributed by atoms with van der Waals surface area (Å²) in [6.07, 6.45) is 2.37. The lowest BCUT2D eigenvalue weighted by molar-refractivity contribution is -0.117. The van der Waals surface area contributed by atoms with Gasteiger partial charge >= 0.3 is 0 Å². The number of nitrogens with zero attached hydrogens (tertiary/aromatic N) is 1. The number of anilines is 1. The molecule has 1 amide bonds. The number of carbonyl (C=O) groups excluding carboxylic acids is 1. The highest BCUT2D eigenvalue weighted by Crippen LogP contribution is 2.16. The molecule has 4 nitrogen and oxygen atoms in total. The Hall–Kier alpha value is -1.10. The maximum atomic E-state index is 12.0. The normalized spacial score (nSPS) is 16.2. The Bertz CT molecular complexity index is 405.